The van der Waals surface area contributed by atoms with Gasteiger partial charge in [0.15, 0.2) is 6.10 Å². The molecule has 1 fully saturated rings. The van der Waals surface area contributed by atoms with Crippen LogP contribution in [-0.2, 0) is 32.9 Å². The maximum absolute atomic E-state index is 12.5. The number of rotatable bonds is 29. The highest BCUT2D eigenvalue weighted by Crippen LogP contribution is 2.36. The molecule has 49 heavy (non-hydrogen) atoms. The predicted molar refractivity (Wildman–Crippen MR) is 189 cm³/mol. The van der Waals surface area contributed by atoms with E-state index in [0.717, 1.165) is 44.4 Å². The molecule has 1 aliphatic rings. The van der Waals surface area contributed by atoms with Crippen LogP contribution in [0.15, 0.2) is 24.3 Å². The number of unbranched alkanes of at least 4 members (excludes halogenated alkanes) is 10. The van der Waals surface area contributed by atoms with Crippen LogP contribution >= 0.6 is 7.82 Å². The summed E-state index contributed by atoms with van der Waals surface area (Å²) in [7, 11) is -4.81. The highest BCUT2D eigenvalue weighted by Gasteiger charge is 2.39. The fourth-order valence-electron chi connectivity index (χ4n) is 5.89. The fraction of sp³-hybridized carbons (Fsp3) is 0.811. The van der Waals surface area contributed by atoms with Gasteiger partial charge in [-0.05, 0) is 38.0 Å². The van der Waals surface area contributed by atoms with Crippen molar-refractivity contribution in [2.75, 3.05) is 13.2 Å². The molecule has 0 saturated heterocycles. The largest absolute Gasteiger partial charge is 0.469 e. The number of hydrogen-bond acceptors (Lipinski definition) is 9. The lowest BCUT2D eigenvalue weighted by atomic mass is 9.90. The number of esters is 2. The van der Waals surface area contributed by atoms with E-state index < -0.39 is 44.7 Å². The summed E-state index contributed by atoms with van der Waals surface area (Å²) in [4.78, 5) is 55.3. The number of phosphoric acid groups is 1. The number of carbonyl (C=O) groups excluding carboxylic acids is 3. The Bertz CT molecular complexity index is 1020. The van der Waals surface area contributed by atoms with Gasteiger partial charge in [-0.25, -0.2) is 4.57 Å². The predicted octanol–water partition coefficient (Wildman–Crippen LogP) is 7.29. The van der Waals surface area contributed by atoms with Gasteiger partial charge in [0.1, 0.15) is 12.4 Å². The van der Waals surface area contributed by atoms with Gasteiger partial charge in [-0.2, -0.15) is 0 Å². The van der Waals surface area contributed by atoms with E-state index in [4.69, 9.17) is 19.3 Å². The molecule has 0 unspecified atom stereocenters. The Morgan fingerprint density at radius 3 is 2.16 bits per heavy atom. The fourth-order valence-corrected chi connectivity index (χ4v) is 6.25. The first-order valence-corrected chi connectivity index (χ1v) is 20.1. The molecular formula is C37H65O11P. The lowest BCUT2D eigenvalue weighted by Gasteiger charge is -2.18. The molecule has 1 saturated carbocycles. The third-order valence-corrected chi connectivity index (χ3v) is 9.25. The standard InChI is InChI=1S/C37H65O11P/c1-4-5-14-20-30(38)24-25-33-32(34(39)26-35(33)40)21-16-12-13-17-22-36(41)46-27-31(28-47-49(43,44)45)48-37(42)23-18-11-9-7-6-8-10-15-19-29(2)3/h12,16,24-25,29-33,35,38,40H,4-11,13-15,17-23,26-28H2,1-3H3,(H2,43,44,45)/b16-12-,25-24+/t30-,31+,32+,33+,35+/m0/s1. The monoisotopic (exact) mass is 716 g/mol. The molecule has 1 rings (SSSR count). The van der Waals surface area contributed by atoms with Crippen molar-refractivity contribution in [3.63, 3.8) is 0 Å². The Hall–Kier alpha value is -1.88. The molecule has 0 aromatic heterocycles. The maximum atomic E-state index is 12.5. The van der Waals surface area contributed by atoms with Crippen molar-refractivity contribution >= 4 is 25.5 Å². The van der Waals surface area contributed by atoms with Crippen molar-refractivity contribution in [1.29, 1.82) is 0 Å². The number of aliphatic hydroxyl groups is 2. The van der Waals surface area contributed by atoms with Crippen LogP contribution < -0.4 is 0 Å². The Morgan fingerprint density at radius 2 is 1.51 bits per heavy atom. The lowest BCUT2D eigenvalue weighted by Crippen LogP contribution is -2.29. The maximum Gasteiger partial charge on any atom is 0.469 e. The molecule has 0 aromatic carbocycles. The van der Waals surface area contributed by atoms with Crippen LogP contribution in [0.1, 0.15) is 143 Å². The minimum Gasteiger partial charge on any atom is -0.462 e. The molecular weight excluding hydrogens is 651 g/mol. The van der Waals surface area contributed by atoms with Crippen LogP contribution in [0.5, 0.6) is 0 Å². The SMILES string of the molecule is CCCCC[C@H](O)/C=C/[C@H]1[C@H](O)CC(=O)[C@@H]1C/C=C\CCCC(=O)OC[C@H](COP(=O)(O)O)OC(=O)CCCCCCCCCCC(C)C. The minimum absolute atomic E-state index is 0.00733. The molecule has 1 aliphatic carbocycles. The van der Waals surface area contributed by atoms with Crippen LogP contribution in [-0.4, -0.2) is 69.2 Å². The molecule has 0 radical (unpaired) electrons. The second kappa shape index (κ2) is 26.9. The van der Waals surface area contributed by atoms with Gasteiger partial charge in [0.05, 0.1) is 18.8 Å². The molecule has 0 bridgehead atoms. The van der Waals surface area contributed by atoms with Crippen molar-refractivity contribution in [3.05, 3.63) is 24.3 Å². The second-order valence-corrected chi connectivity index (χ2v) is 15.1. The van der Waals surface area contributed by atoms with E-state index in [0.29, 0.717) is 32.1 Å². The van der Waals surface area contributed by atoms with E-state index in [2.05, 4.69) is 25.3 Å². The van der Waals surface area contributed by atoms with Crippen LogP contribution in [0.2, 0.25) is 0 Å². The lowest BCUT2D eigenvalue weighted by molar-refractivity contribution is -0.161. The quantitative estimate of drug-likeness (QED) is 0.0265. The number of ether oxygens (including phenoxy) is 2. The zero-order valence-electron chi connectivity index (χ0n) is 30.2. The molecule has 11 nitrogen and oxygen atoms in total. The van der Waals surface area contributed by atoms with E-state index in [1.165, 1.54) is 32.1 Å². The van der Waals surface area contributed by atoms with Crippen LogP contribution in [0.25, 0.3) is 0 Å². The van der Waals surface area contributed by atoms with Crippen molar-refractivity contribution < 1.29 is 52.9 Å². The number of phosphoric ester groups is 1. The Kier molecular flexibility index (Phi) is 24.7. The summed E-state index contributed by atoms with van der Waals surface area (Å²) < 4.78 is 26.2. The molecule has 4 N–H and O–H groups in total. The Labute approximate surface area is 294 Å². The molecule has 284 valence electrons. The summed E-state index contributed by atoms with van der Waals surface area (Å²) in [6, 6.07) is 0. The summed E-state index contributed by atoms with van der Waals surface area (Å²) in [6.45, 7) is 5.59. The summed E-state index contributed by atoms with van der Waals surface area (Å²) in [6.07, 6.45) is 20.1. The molecule has 0 heterocycles. The van der Waals surface area contributed by atoms with Crippen molar-refractivity contribution in [2.45, 2.75) is 161 Å². The highest BCUT2D eigenvalue weighted by molar-refractivity contribution is 7.46. The van der Waals surface area contributed by atoms with E-state index >= 15 is 0 Å². The number of ketones is 1. The summed E-state index contributed by atoms with van der Waals surface area (Å²) in [5.74, 6) is -1.05. The number of hydrogen-bond donors (Lipinski definition) is 4. The van der Waals surface area contributed by atoms with Crippen molar-refractivity contribution in [1.82, 2.24) is 0 Å². The first-order chi connectivity index (χ1) is 23.3. The van der Waals surface area contributed by atoms with Gasteiger partial charge >= 0.3 is 19.8 Å². The molecule has 0 aromatic rings. The minimum atomic E-state index is -4.81. The smallest absolute Gasteiger partial charge is 0.462 e. The molecule has 12 heteroatoms. The van der Waals surface area contributed by atoms with Gasteiger partial charge in [0.2, 0.25) is 0 Å². The van der Waals surface area contributed by atoms with Crippen molar-refractivity contribution in [3.8, 4) is 0 Å². The van der Waals surface area contributed by atoms with E-state index in [-0.39, 0.29) is 43.5 Å². The topological polar surface area (TPSA) is 177 Å². The summed E-state index contributed by atoms with van der Waals surface area (Å²) in [5, 5.41) is 20.6. The number of carbonyl (C=O) groups is 3. The van der Waals surface area contributed by atoms with Crippen LogP contribution in [0, 0.1) is 17.8 Å². The van der Waals surface area contributed by atoms with E-state index in [1.807, 2.05) is 12.2 Å². The van der Waals surface area contributed by atoms with Gasteiger partial charge in [-0.15, -0.1) is 0 Å². The van der Waals surface area contributed by atoms with E-state index in [9.17, 15) is 29.2 Å². The van der Waals surface area contributed by atoms with Gasteiger partial charge in [-0.3, -0.25) is 18.9 Å². The Balaban J connectivity index is 2.37. The van der Waals surface area contributed by atoms with Gasteiger partial charge in [0.25, 0.3) is 0 Å². The first-order valence-electron chi connectivity index (χ1n) is 18.6. The number of aliphatic hydroxyl groups excluding tert-OH is 2. The second-order valence-electron chi connectivity index (χ2n) is 13.8. The average Bonchev–Trinajstić information content (AvgIpc) is 3.30. The molecule has 0 aliphatic heterocycles. The van der Waals surface area contributed by atoms with Crippen LogP contribution in [0.3, 0.4) is 0 Å². The zero-order chi connectivity index (χ0) is 36.5. The Morgan fingerprint density at radius 1 is 0.878 bits per heavy atom. The van der Waals surface area contributed by atoms with Gasteiger partial charge in [0, 0.05) is 31.1 Å². The normalized spacial score (nSPS) is 19.7. The highest BCUT2D eigenvalue weighted by atomic mass is 31.2. The summed E-state index contributed by atoms with van der Waals surface area (Å²) >= 11 is 0. The number of Topliss-reactive ketones (excluding diaryl/α,β-unsaturated/α-hetero) is 1. The molecule has 0 spiro atoms. The van der Waals surface area contributed by atoms with Gasteiger partial charge in [-0.1, -0.05) is 116 Å². The number of allylic oxidation sites excluding steroid dienone is 2. The third kappa shape index (κ3) is 24.0. The average molecular weight is 717 g/mol. The molecule has 5 atom stereocenters. The zero-order valence-corrected chi connectivity index (χ0v) is 31.1. The van der Waals surface area contributed by atoms with Crippen molar-refractivity contribution in [2.24, 2.45) is 17.8 Å². The summed E-state index contributed by atoms with van der Waals surface area (Å²) in [5.41, 5.74) is 0. The third-order valence-electron chi connectivity index (χ3n) is 8.77. The van der Waals surface area contributed by atoms with Crippen LogP contribution in [0.4, 0.5) is 0 Å². The molecule has 0 amide bonds. The first kappa shape index (κ1) is 45.1. The van der Waals surface area contributed by atoms with E-state index in [1.54, 1.807) is 12.2 Å². The van der Waals surface area contributed by atoms with Gasteiger partial charge < -0.3 is 29.5 Å².